The predicted octanol–water partition coefficient (Wildman–Crippen LogP) is 4.77. The van der Waals surface area contributed by atoms with Gasteiger partial charge in [0.25, 0.3) is 0 Å². The van der Waals surface area contributed by atoms with Crippen LogP contribution in [0.25, 0.3) is 5.57 Å². The van der Waals surface area contributed by atoms with Gasteiger partial charge in [-0.2, -0.15) is 0 Å². The van der Waals surface area contributed by atoms with Crippen LogP contribution in [0.15, 0.2) is 24.3 Å². The zero-order chi connectivity index (χ0) is 16.4. The maximum atomic E-state index is 12.3. The summed E-state index contributed by atoms with van der Waals surface area (Å²) in [6.45, 7) is 1.96. The molecule has 0 N–H and O–H groups in total. The molecule has 2 aliphatic rings. The fraction of sp³-hybridized carbons (Fsp3) is 0.524. The van der Waals surface area contributed by atoms with Crippen LogP contribution in [0.4, 0.5) is 0 Å². The van der Waals surface area contributed by atoms with Crippen molar-refractivity contribution in [1.82, 2.24) is 0 Å². The summed E-state index contributed by atoms with van der Waals surface area (Å²) in [5.41, 5.74) is 3.07. The van der Waals surface area contributed by atoms with Crippen molar-refractivity contribution in [2.24, 2.45) is 5.41 Å². The average Bonchev–Trinajstić information content (AvgIpc) is 2.87. The Hall–Kier alpha value is -1.90. The van der Waals surface area contributed by atoms with E-state index in [1.54, 1.807) is 7.11 Å². The molecule has 1 fully saturated rings. The molecule has 0 bridgehead atoms. The first-order chi connectivity index (χ1) is 11.1. The molecule has 0 saturated heterocycles. The number of hydrogen-bond donors (Lipinski definition) is 0. The van der Waals surface area contributed by atoms with E-state index in [2.05, 4.69) is 18.2 Å². The van der Waals surface area contributed by atoms with Gasteiger partial charge < -0.3 is 4.74 Å². The fourth-order valence-corrected chi connectivity index (χ4v) is 3.96. The molecule has 0 spiro atoms. The molecule has 3 heteroatoms. The lowest BCUT2D eigenvalue weighted by atomic mass is 9.76. The number of fused-ring (bicyclic) bond motifs is 1. The molecule has 0 aromatic heterocycles. The van der Waals surface area contributed by atoms with Crippen LogP contribution in [0.5, 0.6) is 5.75 Å². The minimum Gasteiger partial charge on any atom is -0.497 e. The van der Waals surface area contributed by atoms with Gasteiger partial charge in [-0.15, -0.1) is 0 Å². The Bertz CT molecular complexity index is 654. The Morgan fingerprint density at radius 1 is 1.12 bits per heavy atom. The van der Waals surface area contributed by atoms with Crippen molar-refractivity contribution in [2.75, 3.05) is 7.11 Å². The molecule has 3 rings (SSSR count). The minimum atomic E-state index is -0.753. The number of benzene rings is 1. The zero-order valence-electron chi connectivity index (χ0n) is 14.0. The molecule has 130 valence electrons. The average molecular weight is 328 g/mol. The first-order valence-electron chi connectivity index (χ1n) is 8.53. The lowest BCUT2D eigenvalue weighted by molar-refractivity contribution is -0.134. The molecule has 2 aliphatic carbocycles. The van der Waals surface area contributed by atoms with Gasteiger partial charge in [-0.25, -0.2) is 0 Å². The van der Waals surface area contributed by atoms with Crippen molar-refractivity contribution in [3.8, 4) is 5.75 Å². The molecule has 1 saturated carbocycles. The van der Waals surface area contributed by atoms with E-state index in [1.165, 1.54) is 16.7 Å². The van der Waals surface area contributed by atoms with E-state index in [4.69, 9.17) is 4.74 Å². The number of carbonyl (C=O) groups excluding carboxylic acids is 2. The highest BCUT2D eigenvalue weighted by Crippen LogP contribution is 2.41. The molecule has 0 atom stereocenters. The summed E-state index contributed by atoms with van der Waals surface area (Å²) >= 11 is 0. The number of Topliss-reactive ketones (excluding diaryl/α,β-unsaturated/α-hetero) is 2. The van der Waals surface area contributed by atoms with Gasteiger partial charge in [0.2, 0.25) is 0 Å². The van der Waals surface area contributed by atoms with Gasteiger partial charge in [-0.1, -0.05) is 26.5 Å². The van der Waals surface area contributed by atoms with Gasteiger partial charge in [0.1, 0.15) is 17.3 Å². The van der Waals surface area contributed by atoms with Crippen LogP contribution in [0.2, 0.25) is 0 Å². The largest absolute Gasteiger partial charge is 0.497 e. The van der Waals surface area contributed by atoms with Crippen LogP contribution >= 0.6 is 0 Å². The Labute approximate surface area is 145 Å². The molecule has 0 unspecified atom stereocenters. The van der Waals surface area contributed by atoms with Crippen molar-refractivity contribution in [3.05, 3.63) is 35.4 Å². The van der Waals surface area contributed by atoms with Crippen molar-refractivity contribution < 1.29 is 14.3 Å². The van der Waals surface area contributed by atoms with E-state index in [1.807, 2.05) is 13.0 Å². The third-order valence-corrected chi connectivity index (χ3v) is 5.50. The Morgan fingerprint density at radius 3 is 2.46 bits per heavy atom. The molecule has 1 aromatic carbocycles. The highest BCUT2D eigenvalue weighted by molar-refractivity contribution is 6.13. The zero-order valence-corrected chi connectivity index (χ0v) is 14.0. The summed E-state index contributed by atoms with van der Waals surface area (Å²) in [5, 5.41) is 0. The molecule has 0 radical (unpaired) electrons. The van der Waals surface area contributed by atoms with E-state index in [9.17, 15) is 9.59 Å². The summed E-state index contributed by atoms with van der Waals surface area (Å²) < 4.78 is 5.31. The second-order valence-electron chi connectivity index (χ2n) is 6.59. The molecule has 0 amide bonds. The third-order valence-electron chi connectivity index (χ3n) is 5.50. The van der Waals surface area contributed by atoms with Gasteiger partial charge in [-0.3, -0.25) is 9.59 Å². The van der Waals surface area contributed by atoms with E-state index in [0.29, 0.717) is 25.7 Å². The maximum absolute atomic E-state index is 12.3. The lowest BCUT2D eigenvalue weighted by Crippen LogP contribution is -2.31. The third kappa shape index (κ3) is 3.04. The summed E-state index contributed by atoms with van der Waals surface area (Å²) in [5.74, 6) is 1.15. The SMILES string of the molecule is C.CCC1(C/C=C2\CCCc3cc(OC)ccc32)C(=O)CCC1=O. The van der Waals surface area contributed by atoms with Gasteiger partial charge in [0.05, 0.1) is 12.5 Å². The number of ether oxygens (including phenoxy) is 1. The van der Waals surface area contributed by atoms with E-state index < -0.39 is 5.41 Å². The van der Waals surface area contributed by atoms with Gasteiger partial charge in [-0.05, 0) is 60.9 Å². The quantitative estimate of drug-likeness (QED) is 0.748. The minimum absolute atomic E-state index is 0. The number of methoxy groups -OCH3 is 1. The molecular formula is C21H28O3. The van der Waals surface area contributed by atoms with Crippen molar-refractivity contribution in [3.63, 3.8) is 0 Å². The molecule has 0 aliphatic heterocycles. The maximum Gasteiger partial charge on any atom is 0.147 e. The second kappa shape index (κ2) is 7.33. The number of allylic oxidation sites excluding steroid dienone is 2. The monoisotopic (exact) mass is 328 g/mol. The first kappa shape index (κ1) is 18.4. The lowest BCUT2D eigenvalue weighted by Gasteiger charge is -2.25. The normalized spacial score (nSPS) is 20.7. The van der Waals surface area contributed by atoms with Crippen molar-refractivity contribution >= 4 is 17.1 Å². The number of rotatable bonds is 4. The highest BCUT2D eigenvalue weighted by atomic mass is 16.5. The summed E-state index contributed by atoms with van der Waals surface area (Å²) in [6, 6.07) is 6.19. The van der Waals surface area contributed by atoms with E-state index in [-0.39, 0.29) is 19.0 Å². The van der Waals surface area contributed by atoms with Crippen LogP contribution in [-0.2, 0) is 16.0 Å². The molecular weight excluding hydrogens is 300 g/mol. The predicted molar refractivity (Wildman–Crippen MR) is 97.2 cm³/mol. The molecule has 24 heavy (non-hydrogen) atoms. The number of hydrogen-bond acceptors (Lipinski definition) is 3. The number of aryl methyl sites for hydroxylation is 1. The van der Waals surface area contributed by atoms with Crippen LogP contribution < -0.4 is 4.74 Å². The van der Waals surface area contributed by atoms with Crippen LogP contribution in [0.3, 0.4) is 0 Å². The standard InChI is InChI=1S/C20H24O3.CH4/c1-3-20(18(21)9-10-19(20)22)12-11-14-5-4-6-15-13-16(23-2)7-8-17(14)15;/h7-8,11,13H,3-6,9-10,12H2,1-2H3;1H4/b14-11+;. The van der Waals surface area contributed by atoms with E-state index >= 15 is 0 Å². The van der Waals surface area contributed by atoms with Gasteiger partial charge >= 0.3 is 0 Å². The highest BCUT2D eigenvalue weighted by Gasteiger charge is 2.46. The number of ketones is 2. The van der Waals surface area contributed by atoms with Crippen LogP contribution in [0, 0.1) is 5.41 Å². The van der Waals surface area contributed by atoms with Crippen LogP contribution in [0.1, 0.15) is 64.0 Å². The Balaban J connectivity index is 0.00000208. The second-order valence-corrected chi connectivity index (χ2v) is 6.59. The smallest absolute Gasteiger partial charge is 0.147 e. The van der Waals surface area contributed by atoms with Crippen molar-refractivity contribution in [1.29, 1.82) is 0 Å². The molecule has 3 nitrogen and oxygen atoms in total. The van der Waals surface area contributed by atoms with Gasteiger partial charge in [0, 0.05) is 12.8 Å². The van der Waals surface area contributed by atoms with Gasteiger partial charge in [0.15, 0.2) is 0 Å². The first-order valence-corrected chi connectivity index (χ1v) is 8.53. The molecule has 0 heterocycles. The fourth-order valence-electron chi connectivity index (χ4n) is 3.96. The van der Waals surface area contributed by atoms with E-state index in [0.717, 1.165) is 25.0 Å². The van der Waals surface area contributed by atoms with Crippen LogP contribution in [-0.4, -0.2) is 18.7 Å². The topological polar surface area (TPSA) is 43.4 Å². The molecule has 1 aromatic rings. The van der Waals surface area contributed by atoms with Crippen molar-refractivity contribution in [2.45, 2.75) is 59.3 Å². The summed E-state index contributed by atoms with van der Waals surface area (Å²) in [7, 11) is 1.68. The summed E-state index contributed by atoms with van der Waals surface area (Å²) in [6.07, 6.45) is 7.34. The summed E-state index contributed by atoms with van der Waals surface area (Å²) in [4.78, 5) is 24.5. The Morgan fingerprint density at radius 2 is 1.83 bits per heavy atom. The number of carbonyl (C=O) groups is 2. The Kier molecular flexibility index (Phi) is 5.63.